The first kappa shape index (κ1) is 21.8. The number of rotatable bonds is 6. The van der Waals surface area contributed by atoms with Crippen LogP contribution in [0.1, 0.15) is 36.6 Å². The van der Waals surface area contributed by atoms with Gasteiger partial charge in [-0.25, -0.2) is 17.2 Å². The number of nitrogens with one attached hydrogen (secondary N) is 1. The lowest BCUT2D eigenvalue weighted by atomic mass is 10.00. The van der Waals surface area contributed by atoms with Gasteiger partial charge in [0.25, 0.3) is 0 Å². The fraction of sp³-hybridized carbons (Fsp3) is 0.350. The number of benzene rings is 2. The number of hydrogen-bond donors (Lipinski definition) is 1. The quantitative estimate of drug-likeness (QED) is 0.791. The summed E-state index contributed by atoms with van der Waals surface area (Å²) in [5.41, 5.74) is 2.82. The van der Waals surface area contributed by atoms with Crippen LogP contribution >= 0.6 is 0 Å². The van der Waals surface area contributed by atoms with Gasteiger partial charge in [-0.3, -0.25) is 9.10 Å². The van der Waals surface area contributed by atoms with Crippen LogP contribution in [0, 0.1) is 25.5 Å². The molecule has 5 nitrogen and oxygen atoms in total. The monoisotopic (exact) mass is 410 g/mol. The van der Waals surface area contributed by atoms with Gasteiger partial charge in [0.15, 0.2) is 11.6 Å². The van der Waals surface area contributed by atoms with Gasteiger partial charge in [-0.05, 0) is 51.0 Å². The molecule has 0 spiro atoms. The van der Waals surface area contributed by atoms with Crippen LogP contribution in [0.2, 0.25) is 0 Å². The van der Waals surface area contributed by atoms with E-state index >= 15 is 0 Å². The van der Waals surface area contributed by atoms with Crippen molar-refractivity contribution in [3.8, 4) is 0 Å². The molecule has 28 heavy (non-hydrogen) atoms. The van der Waals surface area contributed by atoms with Gasteiger partial charge in [0.2, 0.25) is 15.9 Å². The van der Waals surface area contributed by atoms with Crippen LogP contribution in [0.5, 0.6) is 0 Å². The summed E-state index contributed by atoms with van der Waals surface area (Å²) in [6.45, 7) is 7.06. The molecule has 0 aliphatic carbocycles. The topological polar surface area (TPSA) is 66.5 Å². The zero-order chi connectivity index (χ0) is 21.2. The minimum Gasteiger partial charge on any atom is -0.348 e. The average molecular weight is 410 g/mol. The van der Waals surface area contributed by atoms with Crippen molar-refractivity contribution in [1.29, 1.82) is 0 Å². The zero-order valence-electron chi connectivity index (χ0n) is 16.5. The molecule has 0 saturated carbocycles. The highest BCUT2D eigenvalue weighted by Crippen LogP contribution is 2.24. The summed E-state index contributed by atoms with van der Waals surface area (Å²) in [4.78, 5) is 12.8. The SMILES string of the molecule is Cc1ccc(C)c([C@H](C)NC(=O)[C@@H](C)N(c2ccc(F)c(F)c2)S(C)(=O)=O)c1. The van der Waals surface area contributed by atoms with E-state index in [2.05, 4.69) is 5.32 Å². The molecule has 0 bridgehead atoms. The van der Waals surface area contributed by atoms with Crippen molar-refractivity contribution >= 4 is 21.6 Å². The molecule has 8 heteroatoms. The highest BCUT2D eigenvalue weighted by atomic mass is 32.2. The van der Waals surface area contributed by atoms with E-state index in [1.165, 1.54) is 6.92 Å². The van der Waals surface area contributed by atoms with E-state index in [0.29, 0.717) is 0 Å². The molecule has 2 aromatic carbocycles. The Balaban J connectivity index is 2.31. The Kier molecular flexibility index (Phi) is 6.44. The Bertz CT molecular complexity index is 993. The standard InChI is InChI=1S/C20H24F2N2O3S/c1-12-6-7-13(2)17(10-12)14(3)23-20(25)15(4)24(28(5,26)27)16-8-9-18(21)19(22)11-16/h6-11,14-15H,1-5H3,(H,23,25)/t14-,15+/m0/s1. The van der Waals surface area contributed by atoms with Crippen molar-refractivity contribution in [3.63, 3.8) is 0 Å². The summed E-state index contributed by atoms with van der Waals surface area (Å²) in [6, 6.07) is 7.05. The minimum absolute atomic E-state index is 0.122. The van der Waals surface area contributed by atoms with E-state index in [1.54, 1.807) is 6.92 Å². The number of nitrogens with zero attached hydrogens (tertiary/aromatic N) is 1. The predicted molar refractivity (Wildman–Crippen MR) is 106 cm³/mol. The molecule has 2 rings (SSSR count). The summed E-state index contributed by atoms with van der Waals surface area (Å²) in [5, 5.41) is 2.80. The van der Waals surface area contributed by atoms with Gasteiger partial charge in [-0.15, -0.1) is 0 Å². The normalized spacial score (nSPS) is 13.7. The molecule has 2 aromatic rings. The van der Waals surface area contributed by atoms with E-state index in [9.17, 15) is 22.0 Å². The van der Waals surface area contributed by atoms with Gasteiger partial charge in [0.1, 0.15) is 6.04 Å². The number of anilines is 1. The van der Waals surface area contributed by atoms with Gasteiger partial charge in [0, 0.05) is 6.07 Å². The van der Waals surface area contributed by atoms with Gasteiger partial charge in [-0.2, -0.15) is 0 Å². The van der Waals surface area contributed by atoms with E-state index < -0.39 is 33.6 Å². The van der Waals surface area contributed by atoms with E-state index in [1.807, 2.05) is 32.0 Å². The van der Waals surface area contributed by atoms with E-state index in [-0.39, 0.29) is 11.7 Å². The van der Waals surface area contributed by atoms with Gasteiger partial charge in [0.05, 0.1) is 18.0 Å². The van der Waals surface area contributed by atoms with Gasteiger partial charge in [-0.1, -0.05) is 23.8 Å². The lowest BCUT2D eigenvalue weighted by Gasteiger charge is -2.29. The number of carbonyl (C=O) groups is 1. The third-order valence-electron chi connectivity index (χ3n) is 4.51. The van der Waals surface area contributed by atoms with E-state index in [0.717, 1.165) is 45.5 Å². The van der Waals surface area contributed by atoms with Crippen LogP contribution in [-0.4, -0.2) is 26.6 Å². The first-order chi connectivity index (χ1) is 12.9. The zero-order valence-corrected chi connectivity index (χ0v) is 17.3. The maximum absolute atomic E-state index is 13.6. The van der Waals surface area contributed by atoms with E-state index in [4.69, 9.17) is 0 Å². The first-order valence-electron chi connectivity index (χ1n) is 8.73. The highest BCUT2D eigenvalue weighted by molar-refractivity contribution is 7.92. The Morgan fingerprint density at radius 2 is 1.68 bits per heavy atom. The van der Waals surface area contributed by atoms with Crippen LogP contribution in [0.25, 0.3) is 0 Å². The molecule has 0 saturated heterocycles. The van der Waals surface area contributed by atoms with Crippen molar-refractivity contribution in [3.05, 3.63) is 64.7 Å². The summed E-state index contributed by atoms with van der Waals surface area (Å²) in [6.07, 6.45) is 0.909. The number of aryl methyl sites for hydroxylation is 2. The molecule has 2 atom stereocenters. The van der Waals surface area contributed by atoms with Crippen LogP contribution < -0.4 is 9.62 Å². The fourth-order valence-corrected chi connectivity index (χ4v) is 4.24. The van der Waals surface area contributed by atoms with Crippen LogP contribution in [0.15, 0.2) is 36.4 Å². The summed E-state index contributed by atoms with van der Waals surface area (Å²) in [7, 11) is -3.92. The first-order valence-corrected chi connectivity index (χ1v) is 10.6. The molecule has 0 radical (unpaired) electrons. The number of hydrogen-bond acceptors (Lipinski definition) is 3. The Labute approximate surface area is 164 Å². The maximum atomic E-state index is 13.6. The smallest absolute Gasteiger partial charge is 0.244 e. The fourth-order valence-electron chi connectivity index (χ4n) is 3.07. The molecule has 0 aliphatic rings. The molecule has 0 unspecified atom stereocenters. The molecule has 152 valence electrons. The molecule has 0 aromatic heterocycles. The van der Waals surface area contributed by atoms with Crippen molar-refractivity contribution in [2.24, 2.45) is 0 Å². The van der Waals surface area contributed by atoms with Gasteiger partial charge >= 0.3 is 0 Å². The molecule has 1 N–H and O–H groups in total. The molecule has 0 fully saturated rings. The lowest BCUT2D eigenvalue weighted by Crippen LogP contribution is -2.48. The maximum Gasteiger partial charge on any atom is 0.244 e. The van der Waals surface area contributed by atoms with Crippen molar-refractivity contribution in [2.45, 2.75) is 39.8 Å². The largest absolute Gasteiger partial charge is 0.348 e. The number of carbonyl (C=O) groups excluding carboxylic acids is 1. The molecular formula is C20H24F2N2O3S. The van der Waals surface area contributed by atoms with Gasteiger partial charge < -0.3 is 5.32 Å². The molecule has 1 amide bonds. The second kappa shape index (κ2) is 8.26. The molecule has 0 heterocycles. The van der Waals surface area contributed by atoms with Crippen molar-refractivity contribution in [1.82, 2.24) is 5.32 Å². The Morgan fingerprint density at radius 1 is 1.04 bits per heavy atom. The Hall–Kier alpha value is -2.48. The second-order valence-electron chi connectivity index (χ2n) is 6.92. The molecular weight excluding hydrogens is 386 g/mol. The van der Waals surface area contributed by atoms with Crippen molar-refractivity contribution in [2.75, 3.05) is 10.6 Å². The second-order valence-corrected chi connectivity index (χ2v) is 8.78. The van der Waals surface area contributed by atoms with Crippen LogP contribution in [0.4, 0.5) is 14.5 Å². The third kappa shape index (κ3) is 4.86. The predicted octanol–water partition coefficient (Wildman–Crippen LogP) is 3.61. The number of halogens is 2. The highest BCUT2D eigenvalue weighted by Gasteiger charge is 2.30. The summed E-state index contributed by atoms with van der Waals surface area (Å²) < 4.78 is 52.1. The average Bonchev–Trinajstić information content (AvgIpc) is 2.58. The number of amides is 1. The Morgan fingerprint density at radius 3 is 2.25 bits per heavy atom. The van der Waals surface area contributed by atoms with Crippen molar-refractivity contribution < 1.29 is 22.0 Å². The summed E-state index contributed by atoms with van der Waals surface area (Å²) in [5.74, 6) is -2.84. The minimum atomic E-state index is -3.92. The third-order valence-corrected chi connectivity index (χ3v) is 5.75. The number of sulfonamides is 1. The van der Waals surface area contributed by atoms with Crippen LogP contribution in [0.3, 0.4) is 0 Å². The molecule has 0 aliphatic heterocycles. The van der Waals surface area contributed by atoms with Crippen LogP contribution in [-0.2, 0) is 14.8 Å². The summed E-state index contributed by atoms with van der Waals surface area (Å²) >= 11 is 0. The lowest BCUT2D eigenvalue weighted by molar-refractivity contribution is -0.122.